The number of benzene rings is 1. The van der Waals surface area contributed by atoms with Gasteiger partial charge in [0.05, 0.1) is 6.61 Å². The Balaban J connectivity index is 1.95. The van der Waals surface area contributed by atoms with Crippen LogP contribution >= 0.6 is 0 Å². The number of ether oxygens (including phenoxy) is 1. The molecular weight excluding hydrogens is 310 g/mol. The molecule has 2 rings (SSSR count). The van der Waals surface area contributed by atoms with Crippen LogP contribution in [0.3, 0.4) is 0 Å². The summed E-state index contributed by atoms with van der Waals surface area (Å²) < 4.78 is 4.91. The van der Waals surface area contributed by atoms with Crippen molar-refractivity contribution in [2.24, 2.45) is 5.92 Å². The lowest BCUT2D eigenvalue weighted by molar-refractivity contribution is -0.137. The van der Waals surface area contributed by atoms with Crippen LogP contribution < -0.4 is 5.32 Å². The Morgan fingerprint density at radius 3 is 2.44 bits per heavy atom. The molecule has 1 N–H and O–H groups in total. The second-order valence-corrected chi connectivity index (χ2v) is 7.00. The van der Waals surface area contributed by atoms with Crippen molar-refractivity contribution in [3.63, 3.8) is 0 Å². The minimum Gasteiger partial charge on any atom is -0.463 e. The van der Waals surface area contributed by atoms with Crippen molar-refractivity contribution in [2.45, 2.75) is 71.3 Å². The third-order valence-corrected chi connectivity index (χ3v) is 5.03. The monoisotopic (exact) mass is 343 g/mol. The van der Waals surface area contributed by atoms with E-state index in [9.17, 15) is 4.79 Å². The third kappa shape index (κ3) is 6.93. The number of rotatable bonds is 8. The first-order valence-electron chi connectivity index (χ1n) is 9.94. The number of carbonyl (C=O) groups is 1. The molecule has 1 aromatic rings. The molecule has 138 valence electrons. The fourth-order valence-electron chi connectivity index (χ4n) is 3.71. The normalized spacial score (nSPS) is 17.2. The first kappa shape index (κ1) is 19.6. The number of hydrogen-bond donors (Lipinski definition) is 1. The van der Waals surface area contributed by atoms with Crippen molar-refractivity contribution < 1.29 is 9.53 Å². The number of nitrogens with one attached hydrogen (secondary N) is 1. The third-order valence-electron chi connectivity index (χ3n) is 5.03. The molecule has 0 radical (unpaired) electrons. The number of esters is 1. The standard InChI is InChI=1S/C22H33NO2/c1-3-9-21(19-10-7-5-6-8-11-19)23-20-15-12-18(13-16-20)14-17-22(24)25-4-2/h12-17,19,21,23H,3-11H2,1-2H3. The molecular formula is C22H33NO2. The van der Waals surface area contributed by atoms with Crippen molar-refractivity contribution in [1.82, 2.24) is 0 Å². The van der Waals surface area contributed by atoms with Gasteiger partial charge in [0.2, 0.25) is 0 Å². The van der Waals surface area contributed by atoms with Crippen LogP contribution in [-0.4, -0.2) is 18.6 Å². The fourth-order valence-corrected chi connectivity index (χ4v) is 3.71. The van der Waals surface area contributed by atoms with E-state index in [-0.39, 0.29) is 5.97 Å². The van der Waals surface area contributed by atoms with Crippen LogP contribution in [0.2, 0.25) is 0 Å². The van der Waals surface area contributed by atoms with E-state index in [2.05, 4.69) is 24.4 Å². The Morgan fingerprint density at radius 1 is 1.16 bits per heavy atom. The Kier molecular flexibility index (Phi) is 8.58. The molecule has 1 atom stereocenters. The summed E-state index contributed by atoms with van der Waals surface area (Å²) in [4.78, 5) is 11.4. The predicted molar refractivity (Wildman–Crippen MR) is 106 cm³/mol. The van der Waals surface area contributed by atoms with Crippen molar-refractivity contribution in [2.75, 3.05) is 11.9 Å². The SMILES string of the molecule is CCCC(Nc1ccc(C=CC(=O)OCC)cc1)C1CCCCCC1. The molecule has 1 unspecified atom stereocenters. The van der Waals surface area contributed by atoms with Gasteiger partial charge < -0.3 is 10.1 Å². The zero-order valence-electron chi connectivity index (χ0n) is 15.8. The summed E-state index contributed by atoms with van der Waals surface area (Å²) in [6.07, 6.45) is 14.0. The summed E-state index contributed by atoms with van der Waals surface area (Å²) in [5.41, 5.74) is 2.19. The van der Waals surface area contributed by atoms with E-state index in [1.165, 1.54) is 63.1 Å². The smallest absolute Gasteiger partial charge is 0.330 e. The van der Waals surface area contributed by atoms with E-state index in [1.54, 1.807) is 6.08 Å². The van der Waals surface area contributed by atoms with Crippen molar-refractivity contribution >= 4 is 17.7 Å². The van der Waals surface area contributed by atoms with Crippen molar-refractivity contribution in [1.29, 1.82) is 0 Å². The van der Waals surface area contributed by atoms with Gasteiger partial charge in [-0.3, -0.25) is 0 Å². The summed E-state index contributed by atoms with van der Waals surface area (Å²) in [6.45, 7) is 4.49. The Bertz CT molecular complexity index is 527. The number of anilines is 1. The summed E-state index contributed by atoms with van der Waals surface area (Å²) >= 11 is 0. The van der Waals surface area contributed by atoms with Crippen LogP contribution in [0.1, 0.15) is 70.8 Å². The van der Waals surface area contributed by atoms with E-state index < -0.39 is 0 Å². The highest BCUT2D eigenvalue weighted by atomic mass is 16.5. The van der Waals surface area contributed by atoms with Crippen LogP contribution in [-0.2, 0) is 9.53 Å². The van der Waals surface area contributed by atoms with E-state index in [4.69, 9.17) is 4.74 Å². The molecule has 0 bridgehead atoms. The first-order chi connectivity index (χ1) is 12.2. The maximum absolute atomic E-state index is 11.4. The molecule has 1 aliphatic rings. The second kappa shape index (κ2) is 11.0. The highest BCUT2D eigenvalue weighted by Crippen LogP contribution is 2.29. The lowest BCUT2D eigenvalue weighted by Gasteiger charge is -2.28. The molecule has 1 saturated carbocycles. The summed E-state index contributed by atoms with van der Waals surface area (Å²) in [6, 6.07) is 8.90. The van der Waals surface area contributed by atoms with Gasteiger partial charge in [-0.1, -0.05) is 51.2 Å². The van der Waals surface area contributed by atoms with Crippen molar-refractivity contribution in [3.05, 3.63) is 35.9 Å². The van der Waals surface area contributed by atoms with E-state index >= 15 is 0 Å². The van der Waals surface area contributed by atoms with Gasteiger partial charge in [0.25, 0.3) is 0 Å². The zero-order valence-corrected chi connectivity index (χ0v) is 15.8. The molecule has 25 heavy (non-hydrogen) atoms. The summed E-state index contributed by atoms with van der Waals surface area (Å²) in [5.74, 6) is 0.506. The lowest BCUT2D eigenvalue weighted by atomic mass is 9.89. The van der Waals surface area contributed by atoms with Gasteiger partial charge in [-0.25, -0.2) is 4.79 Å². The van der Waals surface area contributed by atoms with E-state index in [1.807, 2.05) is 19.1 Å². The molecule has 1 aromatic carbocycles. The molecule has 0 amide bonds. The number of hydrogen-bond acceptors (Lipinski definition) is 3. The topological polar surface area (TPSA) is 38.3 Å². The van der Waals surface area contributed by atoms with E-state index in [0.29, 0.717) is 12.6 Å². The van der Waals surface area contributed by atoms with E-state index in [0.717, 1.165) is 11.5 Å². The molecule has 3 heteroatoms. The lowest BCUT2D eigenvalue weighted by Crippen LogP contribution is -2.28. The largest absolute Gasteiger partial charge is 0.463 e. The van der Waals surface area contributed by atoms with Crippen LogP contribution in [0.15, 0.2) is 30.3 Å². The molecule has 0 spiro atoms. The summed E-state index contributed by atoms with van der Waals surface area (Å²) in [7, 11) is 0. The maximum atomic E-state index is 11.4. The van der Waals surface area contributed by atoms with Gasteiger partial charge in [0.1, 0.15) is 0 Å². The fraction of sp³-hybridized carbons (Fsp3) is 0.591. The Morgan fingerprint density at radius 2 is 1.84 bits per heavy atom. The molecule has 0 aliphatic heterocycles. The molecule has 1 fully saturated rings. The van der Waals surface area contributed by atoms with Crippen LogP contribution in [0.5, 0.6) is 0 Å². The molecule has 0 heterocycles. The zero-order chi connectivity index (χ0) is 17.9. The average Bonchev–Trinajstić information content (AvgIpc) is 2.90. The molecule has 0 saturated heterocycles. The average molecular weight is 344 g/mol. The van der Waals surface area contributed by atoms with Gasteiger partial charge in [-0.2, -0.15) is 0 Å². The van der Waals surface area contributed by atoms with Gasteiger partial charge >= 0.3 is 5.97 Å². The Labute approximate surface area is 152 Å². The van der Waals surface area contributed by atoms with Gasteiger partial charge in [-0.05, 0) is 55.9 Å². The van der Waals surface area contributed by atoms with Crippen LogP contribution in [0, 0.1) is 5.92 Å². The van der Waals surface area contributed by atoms with Crippen LogP contribution in [0.4, 0.5) is 5.69 Å². The van der Waals surface area contributed by atoms with Gasteiger partial charge in [0.15, 0.2) is 0 Å². The van der Waals surface area contributed by atoms with Crippen LogP contribution in [0.25, 0.3) is 6.08 Å². The molecule has 0 aromatic heterocycles. The minimum absolute atomic E-state index is 0.291. The van der Waals surface area contributed by atoms with Crippen molar-refractivity contribution in [3.8, 4) is 0 Å². The highest BCUT2D eigenvalue weighted by molar-refractivity contribution is 5.87. The first-order valence-corrected chi connectivity index (χ1v) is 9.94. The molecule has 1 aliphatic carbocycles. The second-order valence-electron chi connectivity index (χ2n) is 7.00. The summed E-state index contributed by atoms with van der Waals surface area (Å²) in [5, 5.41) is 3.77. The maximum Gasteiger partial charge on any atom is 0.330 e. The quantitative estimate of drug-likeness (QED) is 0.367. The minimum atomic E-state index is -0.291. The van der Waals surface area contributed by atoms with Gasteiger partial charge in [0, 0.05) is 17.8 Å². The predicted octanol–water partition coefficient (Wildman–Crippen LogP) is 5.81. The molecule has 3 nitrogen and oxygen atoms in total. The highest BCUT2D eigenvalue weighted by Gasteiger charge is 2.21. The number of carbonyl (C=O) groups excluding carboxylic acids is 1. The van der Waals surface area contributed by atoms with Gasteiger partial charge in [-0.15, -0.1) is 0 Å². The Hall–Kier alpha value is -1.77.